The Morgan fingerprint density at radius 3 is 2.62 bits per heavy atom. The third-order valence-corrected chi connectivity index (χ3v) is 6.23. The molecule has 0 bridgehead atoms. The van der Waals surface area contributed by atoms with E-state index in [1.54, 1.807) is 6.08 Å². The van der Waals surface area contributed by atoms with Gasteiger partial charge in [0.2, 0.25) is 9.84 Å². The van der Waals surface area contributed by atoms with Crippen LogP contribution in [0, 0.1) is 0 Å². The first-order valence-electron chi connectivity index (χ1n) is 8.56. The third-order valence-electron chi connectivity index (χ3n) is 4.44. The molecule has 0 spiro atoms. The number of halogens is 3. The fourth-order valence-corrected chi connectivity index (χ4v) is 4.58. The van der Waals surface area contributed by atoms with Gasteiger partial charge in [0, 0.05) is 18.3 Å². The first-order chi connectivity index (χ1) is 13.7. The van der Waals surface area contributed by atoms with Crippen LogP contribution < -0.4 is 5.32 Å². The largest absolute Gasteiger partial charge is 0.464 e. The number of hydrogen-bond acceptors (Lipinski definition) is 6. The average molecular weight is 426 g/mol. The highest BCUT2D eigenvalue weighted by Crippen LogP contribution is 2.35. The Balaban J connectivity index is 2.25. The second-order valence-electron chi connectivity index (χ2n) is 6.24. The minimum absolute atomic E-state index is 0.0539. The summed E-state index contributed by atoms with van der Waals surface area (Å²) in [6, 6.07) is 4.67. The molecule has 3 rings (SSSR count). The van der Waals surface area contributed by atoms with E-state index < -0.39 is 32.4 Å². The molecule has 1 N–H and O–H groups in total. The van der Waals surface area contributed by atoms with Crippen molar-refractivity contribution in [1.29, 1.82) is 0 Å². The number of hydrogen-bond donors (Lipinski definition) is 1. The van der Waals surface area contributed by atoms with Crippen molar-refractivity contribution in [2.45, 2.75) is 22.4 Å². The molecule has 0 fully saturated rings. The van der Waals surface area contributed by atoms with Crippen molar-refractivity contribution in [2.75, 3.05) is 20.2 Å². The van der Waals surface area contributed by atoms with Crippen molar-refractivity contribution in [3.05, 3.63) is 59.4 Å². The van der Waals surface area contributed by atoms with Crippen LogP contribution in [0.2, 0.25) is 0 Å². The van der Waals surface area contributed by atoms with Crippen LogP contribution in [0.25, 0.3) is 5.57 Å². The molecule has 2 heterocycles. The molecular formula is C19H17F3N2O4S. The number of rotatable bonds is 4. The normalized spacial score (nSPS) is 15.0. The zero-order valence-electron chi connectivity index (χ0n) is 15.3. The molecule has 1 aromatic carbocycles. The Bertz CT molecular complexity index is 1080. The summed E-state index contributed by atoms with van der Waals surface area (Å²) in [5, 5.41) is 3.07. The SMILES string of the molecule is COC(=O)c1nccc(S(=O)(=O)c2cccc(C(F)(F)F)c2)c1C1=CCNCC1. The second kappa shape index (κ2) is 7.96. The lowest BCUT2D eigenvalue weighted by molar-refractivity contribution is -0.137. The van der Waals surface area contributed by atoms with Gasteiger partial charge in [-0.3, -0.25) is 0 Å². The lowest BCUT2D eigenvalue weighted by Gasteiger charge is -2.19. The molecule has 2 aromatic rings. The van der Waals surface area contributed by atoms with Crippen molar-refractivity contribution in [1.82, 2.24) is 10.3 Å². The van der Waals surface area contributed by atoms with Gasteiger partial charge in [-0.15, -0.1) is 0 Å². The lowest BCUT2D eigenvalue weighted by Crippen LogP contribution is -2.22. The van der Waals surface area contributed by atoms with E-state index in [-0.39, 0.29) is 16.2 Å². The summed E-state index contributed by atoms with van der Waals surface area (Å²) in [7, 11) is -3.24. The number of carbonyl (C=O) groups is 1. The Kier molecular flexibility index (Phi) is 5.76. The van der Waals surface area contributed by atoms with Crippen molar-refractivity contribution in [3.8, 4) is 0 Å². The molecule has 0 saturated heterocycles. The summed E-state index contributed by atoms with van der Waals surface area (Å²) in [6.45, 7) is 0.998. The Morgan fingerprint density at radius 2 is 2.00 bits per heavy atom. The van der Waals surface area contributed by atoms with Gasteiger partial charge in [0.25, 0.3) is 0 Å². The van der Waals surface area contributed by atoms with Crippen molar-refractivity contribution in [3.63, 3.8) is 0 Å². The highest BCUT2D eigenvalue weighted by molar-refractivity contribution is 7.91. The predicted octanol–water partition coefficient (Wildman–Crippen LogP) is 3.10. The van der Waals surface area contributed by atoms with Crippen LogP contribution in [0.15, 0.2) is 52.4 Å². The van der Waals surface area contributed by atoms with Gasteiger partial charge in [0.05, 0.1) is 22.5 Å². The molecule has 29 heavy (non-hydrogen) atoms. The van der Waals surface area contributed by atoms with E-state index in [0.717, 1.165) is 31.5 Å². The van der Waals surface area contributed by atoms with E-state index in [0.29, 0.717) is 31.1 Å². The molecule has 1 aromatic heterocycles. The summed E-state index contributed by atoms with van der Waals surface area (Å²) in [5.41, 5.74) is -0.668. The summed E-state index contributed by atoms with van der Waals surface area (Å²) in [4.78, 5) is 15.4. The molecule has 0 atom stereocenters. The fourth-order valence-electron chi connectivity index (χ4n) is 3.05. The van der Waals surface area contributed by atoms with Crippen molar-refractivity contribution >= 4 is 21.4 Å². The van der Waals surface area contributed by atoms with E-state index in [1.807, 2.05) is 0 Å². The zero-order valence-corrected chi connectivity index (χ0v) is 16.1. The average Bonchev–Trinajstić information content (AvgIpc) is 2.72. The van der Waals surface area contributed by atoms with Crippen LogP contribution >= 0.6 is 0 Å². The molecule has 0 aliphatic carbocycles. The van der Waals surface area contributed by atoms with Crippen molar-refractivity contribution < 1.29 is 31.1 Å². The number of alkyl halides is 3. The molecular weight excluding hydrogens is 409 g/mol. The molecule has 6 nitrogen and oxygen atoms in total. The highest BCUT2D eigenvalue weighted by atomic mass is 32.2. The molecule has 0 amide bonds. The number of nitrogens with zero attached hydrogens (tertiary/aromatic N) is 1. The quantitative estimate of drug-likeness (QED) is 0.757. The fraction of sp³-hybridized carbons (Fsp3) is 0.263. The highest BCUT2D eigenvalue weighted by Gasteiger charge is 2.33. The Hall–Kier alpha value is -2.72. The van der Waals surface area contributed by atoms with Crippen LogP contribution in [0.1, 0.15) is 28.0 Å². The van der Waals surface area contributed by atoms with E-state index >= 15 is 0 Å². The molecule has 0 unspecified atom stereocenters. The van der Waals surface area contributed by atoms with Gasteiger partial charge >= 0.3 is 12.1 Å². The van der Waals surface area contributed by atoms with Gasteiger partial charge in [0.15, 0.2) is 5.69 Å². The first kappa shape index (κ1) is 21.0. The van der Waals surface area contributed by atoms with Gasteiger partial charge in [-0.25, -0.2) is 18.2 Å². The first-order valence-corrected chi connectivity index (χ1v) is 10.0. The minimum atomic E-state index is -4.69. The van der Waals surface area contributed by atoms with Gasteiger partial charge in [0.1, 0.15) is 0 Å². The van der Waals surface area contributed by atoms with Gasteiger partial charge in [-0.05, 0) is 42.8 Å². The number of methoxy groups -OCH3 is 1. The van der Waals surface area contributed by atoms with Crippen LogP contribution in [0.3, 0.4) is 0 Å². The van der Waals surface area contributed by atoms with Crippen molar-refractivity contribution in [2.24, 2.45) is 0 Å². The van der Waals surface area contributed by atoms with E-state index in [9.17, 15) is 26.4 Å². The van der Waals surface area contributed by atoms with Gasteiger partial charge < -0.3 is 10.1 Å². The monoisotopic (exact) mass is 426 g/mol. The molecule has 1 aliphatic heterocycles. The van der Waals surface area contributed by atoms with E-state index in [4.69, 9.17) is 4.74 Å². The number of carbonyl (C=O) groups excluding carboxylic acids is 1. The number of esters is 1. The lowest BCUT2D eigenvalue weighted by atomic mass is 9.98. The molecule has 10 heteroatoms. The van der Waals surface area contributed by atoms with Crippen LogP contribution in [0.4, 0.5) is 13.2 Å². The van der Waals surface area contributed by atoms with Crippen LogP contribution in [0.5, 0.6) is 0 Å². The molecule has 1 aliphatic rings. The summed E-state index contributed by atoms with van der Waals surface area (Å²) in [5.74, 6) is -0.833. The number of aromatic nitrogens is 1. The van der Waals surface area contributed by atoms with E-state index in [2.05, 4.69) is 10.3 Å². The number of pyridine rings is 1. The summed E-state index contributed by atoms with van der Waals surface area (Å²) >= 11 is 0. The predicted molar refractivity (Wildman–Crippen MR) is 97.9 cm³/mol. The zero-order chi connectivity index (χ0) is 21.2. The smallest absolute Gasteiger partial charge is 0.416 e. The molecule has 154 valence electrons. The number of ether oxygens (including phenoxy) is 1. The third kappa shape index (κ3) is 4.18. The topological polar surface area (TPSA) is 85.4 Å². The number of sulfone groups is 1. The molecule has 0 radical (unpaired) electrons. The van der Waals surface area contributed by atoms with Crippen LogP contribution in [-0.4, -0.2) is 39.6 Å². The maximum Gasteiger partial charge on any atom is 0.416 e. The Morgan fingerprint density at radius 1 is 1.24 bits per heavy atom. The standard InChI is InChI=1S/C19H17F3N2O4S/c1-28-18(25)17-16(12-5-8-23-9-6-12)15(7-10-24-17)29(26,27)14-4-2-3-13(11-14)19(20,21)22/h2-5,7,10-11,23H,6,8-9H2,1H3. The van der Waals surface area contributed by atoms with Gasteiger partial charge in [-0.1, -0.05) is 12.1 Å². The van der Waals surface area contributed by atoms with Gasteiger partial charge in [-0.2, -0.15) is 13.2 Å². The number of benzene rings is 1. The second-order valence-corrected chi connectivity index (χ2v) is 8.15. The van der Waals surface area contributed by atoms with E-state index in [1.165, 1.54) is 6.07 Å². The maximum absolute atomic E-state index is 13.2. The minimum Gasteiger partial charge on any atom is -0.464 e. The maximum atomic E-state index is 13.2. The number of nitrogens with one attached hydrogen (secondary N) is 1. The molecule has 0 saturated carbocycles. The Labute approximate surface area is 165 Å². The van der Waals surface area contributed by atoms with Crippen LogP contribution in [-0.2, 0) is 20.8 Å². The summed E-state index contributed by atoms with van der Waals surface area (Å²) in [6.07, 6.45) is -1.43. The summed E-state index contributed by atoms with van der Waals surface area (Å²) < 4.78 is 70.4.